The molecule has 0 spiro atoms. The average Bonchev–Trinajstić information content (AvgIpc) is 2.70. The first-order chi connectivity index (χ1) is 10.3. The van der Waals surface area contributed by atoms with E-state index in [1.165, 1.54) is 16.5 Å². The molecular weight excluding hydrogens is 294 g/mol. The van der Waals surface area contributed by atoms with Gasteiger partial charge in [0.05, 0.1) is 0 Å². The van der Waals surface area contributed by atoms with Crippen LogP contribution in [0.1, 0.15) is 44.7 Å². The second-order valence-electron chi connectivity index (χ2n) is 7.37. The van der Waals surface area contributed by atoms with Gasteiger partial charge in [-0.3, -0.25) is 0 Å². The van der Waals surface area contributed by atoms with Crippen molar-refractivity contribution in [1.29, 1.82) is 0 Å². The van der Waals surface area contributed by atoms with Crippen LogP contribution >= 0.6 is 11.6 Å². The van der Waals surface area contributed by atoms with Gasteiger partial charge >= 0.3 is 0 Å². The van der Waals surface area contributed by atoms with Crippen molar-refractivity contribution in [1.82, 2.24) is 0 Å². The number of rotatable bonds is 1. The second-order valence-corrected chi connectivity index (χ2v) is 7.68. The van der Waals surface area contributed by atoms with E-state index in [-0.39, 0.29) is 11.5 Å². The van der Waals surface area contributed by atoms with E-state index < -0.39 is 0 Å². The Morgan fingerprint density at radius 1 is 1.27 bits per heavy atom. The molecule has 22 heavy (non-hydrogen) atoms. The molecule has 0 saturated heterocycles. The zero-order valence-corrected chi connectivity index (χ0v) is 14.7. The van der Waals surface area contributed by atoms with E-state index in [1.807, 2.05) is 18.2 Å². The molecule has 1 N–H and O–H groups in total. The smallest absolute Gasteiger partial charge is 0.125 e. The van der Waals surface area contributed by atoms with Crippen LogP contribution in [0.5, 0.6) is 5.75 Å². The highest BCUT2D eigenvalue weighted by Gasteiger charge is 2.41. The summed E-state index contributed by atoms with van der Waals surface area (Å²) in [5.74, 6) is 1.23. The molecule has 2 atom stereocenters. The number of hydrogen-bond acceptors (Lipinski definition) is 2. The first-order valence-corrected chi connectivity index (χ1v) is 8.41. The molecule has 0 unspecified atom stereocenters. The normalized spacial score (nSPS) is 21.5. The fourth-order valence-electron chi connectivity index (χ4n) is 4.05. The predicted octanol–water partition coefficient (Wildman–Crippen LogP) is 5.18. The first-order valence-electron chi connectivity index (χ1n) is 7.88. The number of aryl methyl sites for hydroxylation is 1. The molecule has 118 valence electrons. The van der Waals surface area contributed by atoms with Crippen molar-refractivity contribution < 1.29 is 5.11 Å². The zero-order valence-electron chi connectivity index (χ0n) is 13.9. The molecule has 0 amide bonds. The van der Waals surface area contributed by atoms with Crippen LogP contribution in [0.2, 0.25) is 0 Å². The van der Waals surface area contributed by atoms with Crippen LogP contribution in [0.25, 0.3) is 10.8 Å². The van der Waals surface area contributed by atoms with E-state index in [2.05, 4.69) is 45.6 Å². The Hall–Kier alpha value is -1.41. The maximum absolute atomic E-state index is 10.5. The lowest BCUT2D eigenvalue weighted by atomic mass is 9.90. The molecule has 0 aliphatic carbocycles. The number of alkyl halides is 1. The lowest BCUT2D eigenvalue weighted by Gasteiger charge is -2.39. The molecule has 2 aromatic rings. The van der Waals surface area contributed by atoms with Gasteiger partial charge < -0.3 is 10.0 Å². The lowest BCUT2D eigenvalue weighted by molar-refractivity contribution is 0.445. The number of anilines is 1. The fourth-order valence-corrected chi connectivity index (χ4v) is 4.46. The number of phenolic OH excluding ortho intramolecular Hbond substituents is 1. The van der Waals surface area contributed by atoms with Crippen molar-refractivity contribution in [2.24, 2.45) is 0 Å². The van der Waals surface area contributed by atoms with E-state index in [4.69, 9.17) is 11.6 Å². The van der Waals surface area contributed by atoms with Crippen LogP contribution in [-0.2, 0) is 0 Å². The number of hydrogen-bond donors (Lipinski definition) is 1. The summed E-state index contributed by atoms with van der Waals surface area (Å²) < 4.78 is 0. The highest BCUT2D eigenvalue weighted by Crippen LogP contribution is 2.51. The number of nitrogens with zero attached hydrogens (tertiary/aromatic N) is 1. The molecule has 2 aromatic carbocycles. The number of benzene rings is 2. The second kappa shape index (κ2) is 5.06. The van der Waals surface area contributed by atoms with E-state index in [0.29, 0.717) is 17.7 Å². The van der Waals surface area contributed by atoms with E-state index in [1.54, 1.807) is 0 Å². The standard InChI is InChI=1S/C19H24ClNO/c1-11-7-6-8-13-16(22)9-15-18(17(11)13)14(10-20)12(2)21(15)19(3,4)5/h6-9,12,14,22H,10H2,1-5H3/t12-,14+/m0/s1. The zero-order chi connectivity index (χ0) is 16.2. The highest BCUT2D eigenvalue weighted by atomic mass is 35.5. The fraction of sp³-hybridized carbons (Fsp3) is 0.474. The van der Waals surface area contributed by atoms with Gasteiger partial charge in [-0.2, -0.15) is 0 Å². The number of aromatic hydroxyl groups is 1. The number of phenols is 1. The summed E-state index contributed by atoms with van der Waals surface area (Å²) in [6.07, 6.45) is 0. The van der Waals surface area contributed by atoms with Crippen LogP contribution in [-0.4, -0.2) is 22.6 Å². The maximum atomic E-state index is 10.5. The summed E-state index contributed by atoms with van der Waals surface area (Å²) in [4.78, 5) is 2.40. The minimum absolute atomic E-state index is 0.0161. The Morgan fingerprint density at radius 3 is 2.55 bits per heavy atom. The van der Waals surface area contributed by atoms with E-state index >= 15 is 0 Å². The van der Waals surface area contributed by atoms with Gasteiger partial charge in [-0.15, -0.1) is 11.6 Å². The van der Waals surface area contributed by atoms with Crippen molar-refractivity contribution in [2.75, 3.05) is 10.8 Å². The molecule has 0 saturated carbocycles. The third-order valence-electron chi connectivity index (χ3n) is 4.88. The van der Waals surface area contributed by atoms with Gasteiger partial charge in [-0.1, -0.05) is 18.2 Å². The maximum Gasteiger partial charge on any atom is 0.125 e. The Morgan fingerprint density at radius 2 is 1.95 bits per heavy atom. The lowest BCUT2D eigenvalue weighted by Crippen LogP contribution is -2.46. The third kappa shape index (κ3) is 2.08. The third-order valence-corrected chi connectivity index (χ3v) is 5.21. The summed E-state index contributed by atoms with van der Waals surface area (Å²) in [5, 5.41) is 12.6. The Bertz CT molecular complexity index is 732. The van der Waals surface area contributed by atoms with Crippen LogP contribution in [0.4, 0.5) is 5.69 Å². The Labute approximate surface area is 137 Å². The minimum Gasteiger partial charge on any atom is -0.507 e. The van der Waals surface area contributed by atoms with Crippen LogP contribution < -0.4 is 4.90 Å². The molecule has 3 rings (SSSR count). The SMILES string of the molecule is Cc1cccc2c(O)cc3c(c12)[C@H](CCl)[C@H](C)N3C(C)(C)C. The minimum atomic E-state index is -0.0161. The molecule has 1 aliphatic rings. The van der Waals surface area contributed by atoms with E-state index in [0.717, 1.165) is 11.1 Å². The largest absolute Gasteiger partial charge is 0.507 e. The molecule has 0 radical (unpaired) electrons. The highest BCUT2D eigenvalue weighted by molar-refractivity contribution is 6.19. The van der Waals surface area contributed by atoms with Crippen LogP contribution in [0, 0.1) is 6.92 Å². The topological polar surface area (TPSA) is 23.5 Å². The summed E-state index contributed by atoms with van der Waals surface area (Å²) in [6, 6.07) is 8.34. The molecule has 0 fully saturated rings. The molecule has 3 heteroatoms. The van der Waals surface area contributed by atoms with Crippen molar-refractivity contribution >= 4 is 28.1 Å². The molecule has 2 nitrogen and oxygen atoms in total. The van der Waals surface area contributed by atoms with Gasteiger partial charge in [0.15, 0.2) is 0 Å². The number of fused-ring (bicyclic) bond motifs is 3. The van der Waals surface area contributed by atoms with Gasteiger partial charge in [0.1, 0.15) is 5.75 Å². The molecule has 1 aliphatic heterocycles. The van der Waals surface area contributed by atoms with Crippen LogP contribution in [0.15, 0.2) is 24.3 Å². The van der Waals surface area contributed by atoms with Crippen LogP contribution in [0.3, 0.4) is 0 Å². The van der Waals surface area contributed by atoms with Crippen molar-refractivity contribution in [3.8, 4) is 5.75 Å². The van der Waals surface area contributed by atoms with Gasteiger partial charge in [0.25, 0.3) is 0 Å². The number of halogens is 1. The summed E-state index contributed by atoms with van der Waals surface area (Å²) in [6.45, 7) is 11.0. The monoisotopic (exact) mass is 317 g/mol. The predicted molar refractivity (Wildman–Crippen MR) is 95.5 cm³/mol. The van der Waals surface area contributed by atoms with Gasteiger partial charge in [-0.25, -0.2) is 0 Å². The van der Waals surface area contributed by atoms with Crippen molar-refractivity contribution in [3.05, 3.63) is 35.4 Å². The molecule has 0 aromatic heterocycles. The summed E-state index contributed by atoms with van der Waals surface area (Å²) in [5.41, 5.74) is 3.61. The van der Waals surface area contributed by atoms with Crippen molar-refractivity contribution in [2.45, 2.75) is 52.1 Å². The van der Waals surface area contributed by atoms with E-state index in [9.17, 15) is 5.11 Å². The van der Waals surface area contributed by atoms with Gasteiger partial charge in [0.2, 0.25) is 0 Å². The first kappa shape index (κ1) is 15.5. The summed E-state index contributed by atoms with van der Waals surface area (Å²) >= 11 is 6.35. The average molecular weight is 318 g/mol. The van der Waals surface area contributed by atoms with Crippen molar-refractivity contribution in [3.63, 3.8) is 0 Å². The quantitative estimate of drug-likeness (QED) is 0.732. The van der Waals surface area contributed by atoms with Gasteiger partial charge in [0, 0.05) is 40.5 Å². The molecule has 0 bridgehead atoms. The molecule has 1 heterocycles. The molecular formula is C19H24ClNO. The Balaban J connectivity index is 2.41. The Kier molecular flexibility index (Phi) is 3.56. The van der Waals surface area contributed by atoms with Gasteiger partial charge in [-0.05, 0) is 51.1 Å². The summed E-state index contributed by atoms with van der Waals surface area (Å²) in [7, 11) is 0.